The number of aryl methyl sites for hydroxylation is 1. The quantitative estimate of drug-likeness (QED) is 0.1000. The standard InChI is InChI=1S/C38H29FN4O3S2/c1-24-12-21-31-33(22-24)48-38(42-31)43-37(46)34(26-8-4-2-5-9-26)47-30-19-17-29(18-20-30)40-36(45)32(23-25-13-15-28(39)16-14-25)41-35(44)27-10-6-3-7-11-27/h2-23,34H,1H3,(H,40,45)(H,41,44)(H,42,43,46)/b32-23-. The molecular formula is C38H29FN4O3S2. The van der Waals surface area contributed by atoms with E-state index in [2.05, 4.69) is 20.9 Å². The minimum absolute atomic E-state index is 0.0141. The van der Waals surface area contributed by atoms with Gasteiger partial charge in [0.15, 0.2) is 5.13 Å². The number of fused-ring (bicyclic) bond motifs is 1. The molecule has 3 amide bonds. The SMILES string of the molecule is Cc1ccc2nc(NC(=O)C(Sc3ccc(NC(=O)/C(=C/c4ccc(F)cc4)NC(=O)c4ccccc4)cc3)c3ccccc3)sc2c1. The van der Waals surface area contributed by atoms with Gasteiger partial charge in [0.25, 0.3) is 11.8 Å². The van der Waals surface area contributed by atoms with Crippen LogP contribution >= 0.6 is 23.1 Å². The summed E-state index contributed by atoms with van der Waals surface area (Å²) in [7, 11) is 0. The highest BCUT2D eigenvalue weighted by atomic mass is 32.2. The van der Waals surface area contributed by atoms with Gasteiger partial charge in [0.05, 0.1) is 10.2 Å². The van der Waals surface area contributed by atoms with Gasteiger partial charge in [-0.05, 0) is 90.4 Å². The Morgan fingerprint density at radius 1 is 0.812 bits per heavy atom. The summed E-state index contributed by atoms with van der Waals surface area (Å²) in [5.74, 6) is -1.64. The first-order valence-corrected chi connectivity index (χ1v) is 16.6. The Labute approximate surface area is 284 Å². The molecule has 6 aromatic rings. The van der Waals surface area contributed by atoms with Gasteiger partial charge in [-0.1, -0.05) is 78.1 Å². The number of anilines is 2. The van der Waals surface area contributed by atoms with Crippen molar-refractivity contribution in [1.29, 1.82) is 0 Å². The average Bonchev–Trinajstić information content (AvgIpc) is 3.50. The molecule has 0 aliphatic rings. The van der Waals surface area contributed by atoms with Gasteiger partial charge in [-0.15, -0.1) is 11.8 Å². The van der Waals surface area contributed by atoms with Gasteiger partial charge in [-0.25, -0.2) is 9.37 Å². The van der Waals surface area contributed by atoms with Gasteiger partial charge in [-0.3, -0.25) is 14.4 Å². The Bertz CT molecular complexity index is 2100. The maximum Gasteiger partial charge on any atom is 0.272 e. The Morgan fingerprint density at radius 2 is 1.50 bits per heavy atom. The monoisotopic (exact) mass is 672 g/mol. The molecule has 48 heavy (non-hydrogen) atoms. The number of hydrogen-bond donors (Lipinski definition) is 3. The molecule has 0 fully saturated rings. The molecular weight excluding hydrogens is 644 g/mol. The molecule has 1 aromatic heterocycles. The average molecular weight is 673 g/mol. The van der Waals surface area contributed by atoms with E-state index in [4.69, 9.17) is 0 Å². The third kappa shape index (κ3) is 8.22. The lowest BCUT2D eigenvalue weighted by atomic mass is 10.1. The zero-order valence-electron chi connectivity index (χ0n) is 25.6. The molecule has 3 N–H and O–H groups in total. The molecule has 5 aromatic carbocycles. The first-order valence-electron chi connectivity index (χ1n) is 15.0. The Kier molecular flexibility index (Phi) is 10.0. The largest absolute Gasteiger partial charge is 0.321 e. The van der Waals surface area contributed by atoms with Crippen molar-refractivity contribution in [2.24, 2.45) is 0 Å². The predicted molar refractivity (Wildman–Crippen MR) is 191 cm³/mol. The second-order valence-corrected chi connectivity index (χ2v) is 13.0. The molecule has 1 unspecified atom stereocenters. The zero-order chi connectivity index (χ0) is 33.5. The van der Waals surface area contributed by atoms with Crippen LogP contribution in [0.2, 0.25) is 0 Å². The van der Waals surface area contributed by atoms with E-state index in [-0.39, 0.29) is 11.6 Å². The molecule has 7 nitrogen and oxygen atoms in total. The van der Waals surface area contributed by atoms with Gasteiger partial charge >= 0.3 is 0 Å². The van der Waals surface area contributed by atoms with Crippen LogP contribution in [0.4, 0.5) is 15.2 Å². The summed E-state index contributed by atoms with van der Waals surface area (Å²) in [4.78, 5) is 45.3. The number of halogens is 1. The molecule has 0 spiro atoms. The van der Waals surface area contributed by atoms with Crippen molar-refractivity contribution >= 4 is 67.9 Å². The van der Waals surface area contributed by atoms with Crippen molar-refractivity contribution in [3.05, 3.63) is 161 Å². The molecule has 1 heterocycles. The highest BCUT2D eigenvalue weighted by Crippen LogP contribution is 2.37. The molecule has 0 aliphatic heterocycles. The van der Waals surface area contributed by atoms with Crippen molar-refractivity contribution in [1.82, 2.24) is 10.3 Å². The maximum absolute atomic E-state index is 13.6. The van der Waals surface area contributed by atoms with Crippen LogP contribution in [0.25, 0.3) is 16.3 Å². The van der Waals surface area contributed by atoms with Gasteiger partial charge in [0, 0.05) is 16.1 Å². The lowest BCUT2D eigenvalue weighted by molar-refractivity contribution is -0.116. The summed E-state index contributed by atoms with van der Waals surface area (Å²) in [6.45, 7) is 2.02. The molecule has 238 valence electrons. The topological polar surface area (TPSA) is 100 Å². The molecule has 0 bridgehead atoms. The number of carbonyl (C=O) groups is 3. The minimum atomic E-state index is -0.571. The molecule has 0 saturated heterocycles. The van der Waals surface area contributed by atoms with Gasteiger partial charge < -0.3 is 16.0 Å². The number of nitrogens with zero attached hydrogens (tertiary/aromatic N) is 1. The summed E-state index contributed by atoms with van der Waals surface area (Å²) < 4.78 is 14.5. The van der Waals surface area contributed by atoms with Gasteiger partial charge in [0.1, 0.15) is 16.8 Å². The zero-order valence-corrected chi connectivity index (χ0v) is 27.3. The fourth-order valence-electron chi connectivity index (χ4n) is 4.78. The van der Waals surface area contributed by atoms with E-state index in [9.17, 15) is 18.8 Å². The summed E-state index contributed by atoms with van der Waals surface area (Å²) >= 11 is 2.81. The lowest BCUT2D eigenvalue weighted by Gasteiger charge is -2.16. The first kappa shape index (κ1) is 32.4. The number of amides is 3. The highest BCUT2D eigenvalue weighted by Gasteiger charge is 2.24. The highest BCUT2D eigenvalue weighted by molar-refractivity contribution is 8.00. The van der Waals surface area contributed by atoms with Crippen LogP contribution in [0.1, 0.15) is 32.3 Å². The fraction of sp³-hybridized carbons (Fsp3) is 0.0526. The van der Waals surface area contributed by atoms with Crippen molar-refractivity contribution in [3.63, 3.8) is 0 Å². The third-order valence-electron chi connectivity index (χ3n) is 7.19. The van der Waals surface area contributed by atoms with Crippen LogP contribution in [0, 0.1) is 12.7 Å². The summed E-state index contributed by atoms with van der Waals surface area (Å²) in [6.07, 6.45) is 1.48. The summed E-state index contributed by atoms with van der Waals surface area (Å²) in [5.41, 5.74) is 4.17. The van der Waals surface area contributed by atoms with Gasteiger partial charge in [-0.2, -0.15) is 0 Å². The fourth-order valence-corrected chi connectivity index (χ4v) is 6.77. The number of benzene rings is 5. The van der Waals surface area contributed by atoms with Crippen LogP contribution in [0.5, 0.6) is 0 Å². The molecule has 6 rings (SSSR count). The second-order valence-electron chi connectivity index (χ2n) is 10.8. The van der Waals surface area contributed by atoms with E-state index >= 15 is 0 Å². The summed E-state index contributed by atoms with van der Waals surface area (Å²) in [6, 6.07) is 36.7. The van der Waals surface area contributed by atoms with Crippen molar-refractivity contribution < 1.29 is 18.8 Å². The lowest BCUT2D eigenvalue weighted by Crippen LogP contribution is -2.30. The van der Waals surface area contributed by atoms with Gasteiger partial charge in [0.2, 0.25) is 5.91 Å². The second kappa shape index (κ2) is 14.9. The predicted octanol–water partition coefficient (Wildman–Crippen LogP) is 8.63. The van der Waals surface area contributed by atoms with Crippen molar-refractivity contribution in [2.75, 3.05) is 10.6 Å². The van der Waals surface area contributed by atoms with Crippen LogP contribution in [-0.4, -0.2) is 22.7 Å². The van der Waals surface area contributed by atoms with E-state index < -0.39 is 22.9 Å². The van der Waals surface area contributed by atoms with Crippen molar-refractivity contribution in [3.8, 4) is 0 Å². The minimum Gasteiger partial charge on any atom is -0.321 e. The van der Waals surface area contributed by atoms with E-state index in [0.717, 1.165) is 26.2 Å². The number of carbonyl (C=O) groups excluding carboxylic acids is 3. The molecule has 10 heteroatoms. The first-order chi connectivity index (χ1) is 23.3. The molecule has 0 saturated carbocycles. The Hall–Kier alpha value is -5.58. The summed E-state index contributed by atoms with van der Waals surface area (Å²) in [5, 5.41) is 8.46. The number of nitrogens with one attached hydrogen (secondary N) is 3. The van der Waals surface area contributed by atoms with Crippen molar-refractivity contribution in [2.45, 2.75) is 17.1 Å². The Morgan fingerprint density at radius 3 is 2.21 bits per heavy atom. The molecule has 0 radical (unpaired) electrons. The Balaban J connectivity index is 1.18. The van der Waals surface area contributed by atoms with E-state index in [1.165, 1.54) is 53.4 Å². The van der Waals surface area contributed by atoms with Crippen LogP contribution in [0.15, 0.2) is 138 Å². The van der Waals surface area contributed by atoms with Crippen LogP contribution in [0.3, 0.4) is 0 Å². The number of hydrogen-bond acceptors (Lipinski definition) is 6. The number of rotatable bonds is 10. The third-order valence-corrected chi connectivity index (χ3v) is 9.39. The number of thiazole rings is 1. The van der Waals surface area contributed by atoms with E-state index in [1.807, 2.05) is 67.6 Å². The smallest absolute Gasteiger partial charge is 0.272 e. The molecule has 1 atom stereocenters. The normalized spacial score (nSPS) is 11.9. The number of aromatic nitrogens is 1. The van der Waals surface area contributed by atoms with Crippen LogP contribution in [-0.2, 0) is 9.59 Å². The van der Waals surface area contributed by atoms with Crippen LogP contribution < -0.4 is 16.0 Å². The van der Waals surface area contributed by atoms with E-state index in [1.54, 1.807) is 42.5 Å². The molecule has 0 aliphatic carbocycles. The van der Waals surface area contributed by atoms with E-state index in [0.29, 0.717) is 21.9 Å². The number of thioether (sulfide) groups is 1. The maximum atomic E-state index is 13.6.